The molecule has 1 aliphatic rings. The Kier molecular flexibility index (Phi) is 10.3. The number of hydrogen-bond donors (Lipinski definition) is 2. The molecule has 0 atom stereocenters. The summed E-state index contributed by atoms with van der Waals surface area (Å²) in [6.07, 6.45) is 4.51. The number of carbonyl (C=O) groups excluding carboxylic acids is 1. The van der Waals surface area contributed by atoms with E-state index >= 15 is 0 Å². The van der Waals surface area contributed by atoms with Gasteiger partial charge in [-0.1, -0.05) is 23.7 Å². The number of piperidine rings is 1. The van der Waals surface area contributed by atoms with Gasteiger partial charge in [0.2, 0.25) is 5.91 Å². The second-order valence-electron chi connectivity index (χ2n) is 6.34. The van der Waals surface area contributed by atoms with E-state index in [9.17, 15) is 4.79 Å². The molecular weight excluding hydrogens is 345 g/mol. The molecule has 0 aromatic heterocycles. The van der Waals surface area contributed by atoms with Crippen LogP contribution in [0.1, 0.15) is 24.8 Å². The normalized spacial score (nSPS) is 15.8. The quantitative estimate of drug-likeness (QED) is 0.736. The number of likely N-dealkylation sites (tertiary alicyclic amines) is 1. The van der Waals surface area contributed by atoms with Crippen LogP contribution in [0, 0.1) is 5.92 Å². The van der Waals surface area contributed by atoms with Gasteiger partial charge in [0.05, 0.1) is 6.54 Å². The van der Waals surface area contributed by atoms with Crippen LogP contribution in [0.15, 0.2) is 24.3 Å². The van der Waals surface area contributed by atoms with Gasteiger partial charge in [0.25, 0.3) is 0 Å². The van der Waals surface area contributed by atoms with Gasteiger partial charge >= 0.3 is 0 Å². The molecule has 136 valence electrons. The smallest absolute Gasteiger partial charge is 0.234 e. The van der Waals surface area contributed by atoms with Gasteiger partial charge in [-0.05, 0) is 76.0 Å². The molecule has 1 fully saturated rings. The number of hydrogen-bond acceptors (Lipinski definition) is 3. The minimum atomic E-state index is 0. The zero-order valence-electron chi connectivity index (χ0n) is 14.4. The zero-order valence-corrected chi connectivity index (χ0v) is 16.0. The fourth-order valence-electron chi connectivity index (χ4n) is 3.04. The van der Waals surface area contributed by atoms with Crippen LogP contribution >= 0.6 is 24.0 Å². The number of rotatable bonds is 8. The number of amides is 1. The molecule has 2 rings (SSSR count). The second-order valence-corrected chi connectivity index (χ2v) is 6.77. The Bertz CT molecular complexity index is 474. The van der Waals surface area contributed by atoms with Crippen LogP contribution in [0.3, 0.4) is 0 Å². The molecule has 2 N–H and O–H groups in total. The lowest BCUT2D eigenvalue weighted by Crippen LogP contribution is -2.42. The molecular formula is C18H29Cl2N3O. The van der Waals surface area contributed by atoms with Gasteiger partial charge in [-0.15, -0.1) is 12.4 Å². The van der Waals surface area contributed by atoms with Crippen LogP contribution in [-0.4, -0.2) is 50.6 Å². The zero-order chi connectivity index (χ0) is 16.5. The van der Waals surface area contributed by atoms with Crippen LogP contribution in [-0.2, 0) is 11.2 Å². The predicted molar refractivity (Wildman–Crippen MR) is 103 cm³/mol. The summed E-state index contributed by atoms with van der Waals surface area (Å²) >= 11 is 5.86. The highest BCUT2D eigenvalue weighted by molar-refractivity contribution is 6.30. The molecule has 1 aliphatic heterocycles. The summed E-state index contributed by atoms with van der Waals surface area (Å²) in [4.78, 5) is 14.3. The molecule has 0 unspecified atom stereocenters. The number of halogens is 2. The van der Waals surface area contributed by atoms with Crippen molar-refractivity contribution in [3.63, 3.8) is 0 Å². The van der Waals surface area contributed by atoms with E-state index in [0.29, 0.717) is 13.1 Å². The fraction of sp³-hybridized carbons (Fsp3) is 0.611. The number of benzene rings is 1. The Morgan fingerprint density at radius 3 is 2.50 bits per heavy atom. The first kappa shape index (κ1) is 21.2. The van der Waals surface area contributed by atoms with Crippen LogP contribution in [0.25, 0.3) is 0 Å². The maximum Gasteiger partial charge on any atom is 0.234 e. The van der Waals surface area contributed by atoms with Crippen molar-refractivity contribution in [2.75, 3.05) is 39.8 Å². The van der Waals surface area contributed by atoms with E-state index in [1.165, 1.54) is 24.8 Å². The van der Waals surface area contributed by atoms with Crippen molar-refractivity contribution in [3.05, 3.63) is 34.9 Å². The van der Waals surface area contributed by atoms with Crippen LogP contribution in [0.2, 0.25) is 5.02 Å². The minimum absolute atomic E-state index is 0. The Hall–Kier alpha value is -0.810. The molecule has 0 radical (unpaired) electrons. The molecule has 0 spiro atoms. The highest BCUT2D eigenvalue weighted by Gasteiger charge is 2.20. The maximum absolute atomic E-state index is 12.0. The third-order valence-electron chi connectivity index (χ3n) is 4.53. The minimum Gasteiger partial charge on any atom is -0.355 e. The highest BCUT2D eigenvalue weighted by atomic mass is 35.5. The average molecular weight is 374 g/mol. The first-order valence-electron chi connectivity index (χ1n) is 8.55. The molecule has 1 amide bonds. The summed E-state index contributed by atoms with van der Waals surface area (Å²) in [5, 5.41) is 6.97. The molecule has 1 heterocycles. The van der Waals surface area contributed by atoms with Gasteiger partial charge in [-0.3, -0.25) is 9.69 Å². The Morgan fingerprint density at radius 1 is 1.21 bits per heavy atom. The first-order chi connectivity index (χ1) is 11.2. The van der Waals surface area contributed by atoms with E-state index in [0.717, 1.165) is 37.0 Å². The second kappa shape index (κ2) is 11.7. The van der Waals surface area contributed by atoms with Crippen LogP contribution in [0.5, 0.6) is 0 Å². The Labute approximate surface area is 156 Å². The largest absolute Gasteiger partial charge is 0.355 e. The predicted octanol–water partition coefficient (Wildman–Crippen LogP) is 2.74. The Balaban J connectivity index is 0.00000288. The summed E-state index contributed by atoms with van der Waals surface area (Å²) in [6, 6.07) is 7.78. The van der Waals surface area contributed by atoms with Crippen molar-refractivity contribution in [2.24, 2.45) is 5.92 Å². The fourth-order valence-corrected chi connectivity index (χ4v) is 3.16. The van der Waals surface area contributed by atoms with Gasteiger partial charge in [-0.2, -0.15) is 0 Å². The van der Waals surface area contributed by atoms with Crippen molar-refractivity contribution in [1.82, 2.24) is 15.5 Å². The lowest BCUT2D eigenvalue weighted by Gasteiger charge is -2.31. The Morgan fingerprint density at radius 2 is 1.88 bits per heavy atom. The van der Waals surface area contributed by atoms with Crippen LogP contribution < -0.4 is 10.6 Å². The van der Waals surface area contributed by atoms with Gasteiger partial charge in [0, 0.05) is 11.6 Å². The molecule has 0 aliphatic carbocycles. The molecule has 6 heteroatoms. The van der Waals surface area contributed by atoms with E-state index < -0.39 is 0 Å². The number of nitrogens with zero attached hydrogens (tertiary/aromatic N) is 1. The van der Waals surface area contributed by atoms with E-state index in [1.54, 1.807) is 0 Å². The van der Waals surface area contributed by atoms with Crippen LogP contribution in [0.4, 0.5) is 0 Å². The van der Waals surface area contributed by atoms with Crippen molar-refractivity contribution in [1.29, 1.82) is 0 Å². The van der Waals surface area contributed by atoms with Gasteiger partial charge in [0.1, 0.15) is 0 Å². The van der Waals surface area contributed by atoms with Crippen molar-refractivity contribution in [2.45, 2.75) is 25.7 Å². The highest BCUT2D eigenvalue weighted by Crippen LogP contribution is 2.19. The number of nitrogens with one attached hydrogen (secondary N) is 2. The summed E-state index contributed by atoms with van der Waals surface area (Å²) in [5.41, 5.74) is 1.19. The third-order valence-corrected chi connectivity index (χ3v) is 4.78. The summed E-state index contributed by atoms with van der Waals surface area (Å²) in [6.45, 7) is 4.38. The van der Waals surface area contributed by atoms with E-state index in [2.05, 4.69) is 15.5 Å². The standard InChI is InChI=1S/C18H28ClN3O.ClH/c1-20-10-6-16-8-12-22(13-9-16)14-18(23)21-11-7-15-2-4-17(19)5-3-15;/h2-5,16,20H,6-14H2,1H3,(H,21,23);1H. The molecule has 1 saturated heterocycles. The molecule has 4 nitrogen and oxygen atoms in total. The molecule has 0 bridgehead atoms. The summed E-state index contributed by atoms with van der Waals surface area (Å²) < 4.78 is 0. The van der Waals surface area contributed by atoms with Gasteiger partial charge in [0.15, 0.2) is 0 Å². The summed E-state index contributed by atoms with van der Waals surface area (Å²) in [5.74, 6) is 0.944. The average Bonchev–Trinajstić information content (AvgIpc) is 2.56. The van der Waals surface area contributed by atoms with Crippen molar-refractivity contribution in [3.8, 4) is 0 Å². The maximum atomic E-state index is 12.0. The lowest BCUT2D eigenvalue weighted by atomic mass is 9.93. The van der Waals surface area contributed by atoms with E-state index in [-0.39, 0.29) is 18.3 Å². The van der Waals surface area contributed by atoms with Crippen molar-refractivity contribution < 1.29 is 4.79 Å². The molecule has 24 heavy (non-hydrogen) atoms. The monoisotopic (exact) mass is 373 g/mol. The first-order valence-corrected chi connectivity index (χ1v) is 8.93. The number of carbonyl (C=O) groups is 1. The topological polar surface area (TPSA) is 44.4 Å². The molecule has 1 aromatic rings. The van der Waals surface area contributed by atoms with E-state index in [1.807, 2.05) is 31.3 Å². The molecule has 0 saturated carbocycles. The SMILES string of the molecule is CNCCC1CCN(CC(=O)NCCc2ccc(Cl)cc2)CC1.Cl. The third kappa shape index (κ3) is 7.84. The van der Waals surface area contributed by atoms with E-state index in [4.69, 9.17) is 11.6 Å². The lowest BCUT2D eigenvalue weighted by molar-refractivity contribution is -0.122. The molecule has 1 aromatic carbocycles. The van der Waals surface area contributed by atoms with Gasteiger partial charge in [-0.25, -0.2) is 0 Å². The van der Waals surface area contributed by atoms with Gasteiger partial charge < -0.3 is 10.6 Å². The van der Waals surface area contributed by atoms with Crippen molar-refractivity contribution >= 4 is 29.9 Å². The summed E-state index contributed by atoms with van der Waals surface area (Å²) in [7, 11) is 2.00.